The van der Waals surface area contributed by atoms with Crippen molar-refractivity contribution in [3.8, 4) is 0 Å². The molecule has 3 nitrogen and oxygen atoms in total. The number of thiophene rings is 1. The minimum atomic E-state index is 0.588. The Morgan fingerprint density at radius 1 is 1.44 bits per heavy atom. The van der Waals surface area contributed by atoms with E-state index in [1.807, 2.05) is 16.9 Å². The van der Waals surface area contributed by atoms with Gasteiger partial charge in [0.25, 0.3) is 0 Å². The van der Waals surface area contributed by atoms with E-state index in [1.54, 1.807) is 11.3 Å². The average molecular weight is 252 g/mol. The molecule has 82 valence electrons. The van der Waals surface area contributed by atoms with Crippen LogP contribution in [0.3, 0.4) is 0 Å². The molecule has 3 aromatic rings. The van der Waals surface area contributed by atoms with Crippen LogP contribution in [0.5, 0.6) is 0 Å². The van der Waals surface area contributed by atoms with E-state index in [0.717, 1.165) is 21.8 Å². The fraction of sp³-hybridized carbons (Fsp3) is 0.182. The van der Waals surface area contributed by atoms with Crippen LogP contribution in [0.2, 0.25) is 4.34 Å². The standard InChI is InChI=1S/C11H10ClN3S/c12-10-5-8-9(16-10)2-1-7-6-14-15(4-3-13)11(7)8/h1-2,5-6H,3-4,13H2. The minimum Gasteiger partial charge on any atom is -0.329 e. The van der Waals surface area contributed by atoms with E-state index in [4.69, 9.17) is 17.3 Å². The maximum Gasteiger partial charge on any atom is 0.0941 e. The summed E-state index contributed by atoms with van der Waals surface area (Å²) in [6.45, 7) is 1.32. The molecule has 0 fully saturated rings. The Bertz CT molecular complexity index is 656. The van der Waals surface area contributed by atoms with Gasteiger partial charge in [0.15, 0.2) is 0 Å². The van der Waals surface area contributed by atoms with Gasteiger partial charge in [-0.15, -0.1) is 11.3 Å². The molecule has 5 heteroatoms. The van der Waals surface area contributed by atoms with Crippen LogP contribution in [0.4, 0.5) is 0 Å². The Labute approximate surface area is 101 Å². The number of halogens is 1. The molecular weight excluding hydrogens is 242 g/mol. The quantitative estimate of drug-likeness (QED) is 0.761. The third-order valence-corrected chi connectivity index (χ3v) is 3.84. The molecule has 0 unspecified atom stereocenters. The summed E-state index contributed by atoms with van der Waals surface area (Å²) in [5.41, 5.74) is 6.71. The zero-order chi connectivity index (χ0) is 11.1. The SMILES string of the molecule is NCCn1ncc2ccc3sc(Cl)cc3c21. The fourth-order valence-corrected chi connectivity index (χ4v) is 3.10. The van der Waals surface area contributed by atoms with Crippen LogP contribution in [-0.4, -0.2) is 16.3 Å². The maximum atomic E-state index is 6.04. The predicted octanol–water partition coefficient (Wildman–Crippen LogP) is 2.86. The molecule has 3 rings (SSSR count). The highest BCUT2D eigenvalue weighted by atomic mass is 35.5. The first-order valence-corrected chi connectivity index (χ1v) is 6.22. The summed E-state index contributed by atoms with van der Waals surface area (Å²) in [6, 6.07) is 6.16. The molecule has 0 spiro atoms. The van der Waals surface area contributed by atoms with Crippen molar-refractivity contribution < 1.29 is 0 Å². The highest BCUT2D eigenvalue weighted by molar-refractivity contribution is 7.22. The Hall–Kier alpha value is -1.10. The summed E-state index contributed by atoms with van der Waals surface area (Å²) in [6.07, 6.45) is 1.87. The zero-order valence-electron chi connectivity index (χ0n) is 8.48. The monoisotopic (exact) mass is 251 g/mol. The molecule has 2 N–H and O–H groups in total. The molecule has 0 saturated carbocycles. The smallest absolute Gasteiger partial charge is 0.0941 e. The lowest BCUT2D eigenvalue weighted by atomic mass is 10.2. The summed E-state index contributed by atoms with van der Waals surface area (Å²) in [5.74, 6) is 0. The first kappa shape index (κ1) is 10.1. The largest absolute Gasteiger partial charge is 0.329 e. The summed E-state index contributed by atoms with van der Waals surface area (Å²) in [5, 5.41) is 6.64. The number of fused-ring (bicyclic) bond motifs is 3. The number of rotatable bonds is 2. The highest BCUT2D eigenvalue weighted by Gasteiger charge is 2.09. The van der Waals surface area contributed by atoms with E-state index in [2.05, 4.69) is 17.2 Å². The van der Waals surface area contributed by atoms with Gasteiger partial charge in [0.05, 0.1) is 22.6 Å². The lowest BCUT2D eigenvalue weighted by molar-refractivity contribution is 0.647. The van der Waals surface area contributed by atoms with E-state index in [0.29, 0.717) is 6.54 Å². The third kappa shape index (κ3) is 1.42. The van der Waals surface area contributed by atoms with Crippen molar-refractivity contribution in [2.75, 3.05) is 6.54 Å². The van der Waals surface area contributed by atoms with Crippen molar-refractivity contribution in [1.82, 2.24) is 9.78 Å². The second-order valence-corrected chi connectivity index (χ2v) is 5.34. The summed E-state index contributed by atoms with van der Waals surface area (Å²) < 4.78 is 3.94. The van der Waals surface area contributed by atoms with Gasteiger partial charge >= 0.3 is 0 Å². The fourth-order valence-electron chi connectivity index (χ4n) is 1.96. The van der Waals surface area contributed by atoms with Crippen molar-refractivity contribution in [2.24, 2.45) is 5.73 Å². The number of hydrogen-bond donors (Lipinski definition) is 1. The molecule has 0 saturated heterocycles. The molecule has 0 aliphatic heterocycles. The molecule has 1 aromatic carbocycles. The minimum absolute atomic E-state index is 0.588. The number of aromatic nitrogens is 2. The number of nitrogens with zero attached hydrogens (tertiary/aromatic N) is 2. The second-order valence-electron chi connectivity index (χ2n) is 3.62. The molecular formula is C11H10ClN3S. The lowest BCUT2D eigenvalue weighted by Crippen LogP contribution is -2.10. The van der Waals surface area contributed by atoms with Gasteiger partial charge < -0.3 is 5.73 Å². The van der Waals surface area contributed by atoms with Crippen molar-refractivity contribution >= 4 is 43.9 Å². The molecule has 0 amide bonds. The van der Waals surface area contributed by atoms with Crippen LogP contribution >= 0.6 is 22.9 Å². The lowest BCUT2D eigenvalue weighted by Gasteiger charge is -2.01. The van der Waals surface area contributed by atoms with Gasteiger partial charge in [0.2, 0.25) is 0 Å². The molecule has 0 radical (unpaired) electrons. The first-order valence-electron chi connectivity index (χ1n) is 5.03. The number of benzene rings is 1. The number of hydrogen-bond acceptors (Lipinski definition) is 3. The molecule has 2 aromatic heterocycles. The average Bonchev–Trinajstić information content (AvgIpc) is 2.81. The maximum absolute atomic E-state index is 6.04. The Morgan fingerprint density at radius 2 is 2.31 bits per heavy atom. The van der Waals surface area contributed by atoms with Crippen LogP contribution in [0.1, 0.15) is 0 Å². The summed E-state index contributed by atoms with van der Waals surface area (Å²) >= 11 is 7.63. The van der Waals surface area contributed by atoms with Crippen LogP contribution in [0, 0.1) is 0 Å². The zero-order valence-corrected chi connectivity index (χ0v) is 10.1. The van der Waals surface area contributed by atoms with Crippen LogP contribution in [-0.2, 0) is 6.54 Å². The molecule has 0 bridgehead atoms. The van der Waals surface area contributed by atoms with E-state index in [1.165, 1.54) is 10.1 Å². The van der Waals surface area contributed by atoms with E-state index in [9.17, 15) is 0 Å². The van der Waals surface area contributed by atoms with Crippen molar-refractivity contribution in [3.63, 3.8) is 0 Å². The van der Waals surface area contributed by atoms with E-state index < -0.39 is 0 Å². The molecule has 0 aliphatic rings. The van der Waals surface area contributed by atoms with Gasteiger partial charge in [-0.25, -0.2) is 0 Å². The topological polar surface area (TPSA) is 43.8 Å². The van der Waals surface area contributed by atoms with Gasteiger partial charge in [-0.05, 0) is 18.2 Å². The second kappa shape index (κ2) is 3.73. The van der Waals surface area contributed by atoms with Crippen LogP contribution in [0.25, 0.3) is 21.0 Å². The number of nitrogens with two attached hydrogens (primary N) is 1. The Balaban J connectivity index is 2.41. The Kier molecular flexibility index (Phi) is 2.35. The Morgan fingerprint density at radius 3 is 3.12 bits per heavy atom. The first-order chi connectivity index (χ1) is 7.79. The van der Waals surface area contributed by atoms with Gasteiger partial charge in [-0.1, -0.05) is 11.6 Å². The van der Waals surface area contributed by atoms with Gasteiger partial charge in [-0.3, -0.25) is 4.68 Å². The van der Waals surface area contributed by atoms with Gasteiger partial charge in [0.1, 0.15) is 0 Å². The van der Waals surface area contributed by atoms with Gasteiger partial charge in [0, 0.05) is 22.0 Å². The molecule has 16 heavy (non-hydrogen) atoms. The van der Waals surface area contributed by atoms with Gasteiger partial charge in [-0.2, -0.15) is 5.10 Å². The molecule has 0 aliphatic carbocycles. The van der Waals surface area contributed by atoms with Crippen LogP contribution < -0.4 is 5.73 Å². The van der Waals surface area contributed by atoms with E-state index in [-0.39, 0.29) is 0 Å². The third-order valence-electron chi connectivity index (χ3n) is 2.61. The van der Waals surface area contributed by atoms with Crippen LogP contribution in [0.15, 0.2) is 24.4 Å². The summed E-state index contributed by atoms with van der Waals surface area (Å²) in [7, 11) is 0. The highest BCUT2D eigenvalue weighted by Crippen LogP contribution is 2.34. The normalized spacial score (nSPS) is 11.6. The van der Waals surface area contributed by atoms with E-state index >= 15 is 0 Å². The van der Waals surface area contributed by atoms with Crippen molar-refractivity contribution in [1.29, 1.82) is 0 Å². The molecule has 0 atom stereocenters. The summed E-state index contributed by atoms with van der Waals surface area (Å²) in [4.78, 5) is 0. The van der Waals surface area contributed by atoms with Crippen molar-refractivity contribution in [2.45, 2.75) is 6.54 Å². The predicted molar refractivity (Wildman–Crippen MR) is 69.2 cm³/mol. The molecule has 2 heterocycles. The van der Waals surface area contributed by atoms with Crippen molar-refractivity contribution in [3.05, 3.63) is 28.7 Å².